The van der Waals surface area contributed by atoms with E-state index in [1.54, 1.807) is 26.4 Å². The Kier molecular flexibility index (Phi) is 7.20. The van der Waals surface area contributed by atoms with Crippen molar-refractivity contribution < 1.29 is 14.6 Å². The first-order valence-corrected chi connectivity index (χ1v) is 13.4. The van der Waals surface area contributed by atoms with Crippen molar-refractivity contribution in [1.29, 1.82) is 0 Å². The normalized spacial score (nSPS) is 14.3. The number of nitrogens with one attached hydrogen (secondary N) is 1. The number of anilines is 2. The number of piperidine rings is 1. The third-order valence-electron chi connectivity index (χ3n) is 7.40. The van der Waals surface area contributed by atoms with Gasteiger partial charge >= 0.3 is 0 Å². The van der Waals surface area contributed by atoms with Crippen molar-refractivity contribution >= 4 is 22.5 Å². The number of aromatic nitrogens is 4. The van der Waals surface area contributed by atoms with E-state index in [4.69, 9.17) is 24.5 Å². The first kappa shape index (κ1) is 25.6. The molecule has 0 aliphatic carbocycles. The van der Waals surface area contributed by atoms with Gasteiger partial charge in [0.2, 0.25) is 0 Å². The van der Waals surface area contributed by atoms with Gasteiger partial charge in [0.15, 0.2) is 23.0 Å². The van der Waals surface area contributed by atoms with Crippen LogP contribution in [0.15, 0.2) is 79.0 Å². The zero-order valence-corrected chi connectivity index (χ0v) is 22.6. The Hall–Kier alpha value is -4.63. The number of phenolic OH excluding ortho intramolecular Hbond substituents is 1. The van der Waals surface area contributed by atoms with Crippen LogP contribution in [0.3, 0.4) is 0 Å². The highest BCUT2D eigenvalue weighted by Crippen LogP contribution is 2.35. The molecule has 3 aromatic carbocycles. The highest BCUT2D eigenvalue weighted by atomic mass is 16.5. The third kappa shape index (κ3) is 5.15. The number of ether oxygens (including phenoxy) is 2. The molecule has 6 rings (SSSR count). The third-order valence-corrected chi connectivity index (χ3v) is 7.40. The molecule has 0 radical (unpaired) electrons. The summed E-state index contributed by atoms with van der Waals surface area (Å²) < 4.78 is 12.9. The van der Waals surface area contributed by atoms with E-state index in [2.05, 4.69) is 40.5 Å². The molecule has 9 nitrogen and oxygen atoms in total. The van der Waals surface area contributed by atoms with Crippen molar-refractivity contribution in [2.75, 3.05) is 32.6 Å². The summed E-state index contributed by atoms with van der Waals surface area (Å²) in [5.74, 6) is 2.40. The van der Waals surface area contributed by atoms with Gasteiger partial charge in [0.25, 0.3) is 0 Å². The first-order valence-electron chi connectivity index (χ1n) is 13.4. The summed E-state index contributed by atoms with van der Waals surface area (Å²) in [7, 11) is 3.22. The lowest BCUT2D eigenvalue weighted by Crippen LogP contribution is -2.34. The maximum atomic E-state index is 10.6. The zero-order chi connectivity index (χ0) is 27.5. The number of phenols is 1. The van der Waals surface area contributed by atoms with Crippen molar-refractivity contribution in [3.8, 4) is 28.6 Å². The molecule has 1 aliphatic rings. The molecular weight excluding hydrogens is 504 g/mol. The smallest absolute Gasteiger partial charge is 0.167 e. The van der Waals surface area contributed by atoms with Crippen LogP contribution in [0, 0.1) is 0 Å². The Bertz CT molecular complexity index is 1610. The van der Waals surface area contributed by atoms with E-state index >= 15 is 0 Å². The van der Waals surface area contributed by atoms with Crippen LogP contribution < -0.4 is 14.8 Å². The van der Waals surface area contributed by atoms with Gasteiger partial charge < -0.3 is 19.9 Å². The van der Waals surface area contributed by atoms with Crippen LogP contribution in [0.2, 0.25) is 0 Å². The molecule has 3 heterocycles. The molecule has 1 fully saturated rings. The number of hydrogen-bond donors (Lipinski definition) is 2. The van der Waals surface area contributed by atoms with Crippen molar-refractivity contribution in [1.82, 2.24) is 24.6 Å². The Balaban J connectivity index is 1.34. The standard InChI is InChI=1S/C31H32N6O3/c1-39-27-13-12-22(18-28(27)40-2)33-30-25-19-32-37(31(25)35-29(34-30)24-10-6-7-11-26(24)38)23-14-16-36(17-15-23)20-21-8-4-3-5-9-21/h3-13,18-19,23,38H,14-17,20H2,1-2H3,(H,33,34,35). The number of likely N-dealkylation sites (tertiary alicyclic amines) is 1. The molecule has 2 N–H and O–H groups in total. The Labute approximate surface area is 233 Å². The van der Waals surface area contributed by atoms with Gasteiger partial charge in [0.05, 0.1) is 37.4 Å². The van der Waals surface area contributed by atoms with Gasteiger partial charge in [-0.25, -0.2) is 14.6 Å². The zero-order valence-electron chi connectivity index (χ0n) is 22.6. The molecule has 0 unspecified atom stereocenters. The predicted octanol–water partition coefficient (Wildman–Crippen LogP) is 5.80. The number of fused-ring (bicyclic) bond motifs is 1. The summed E-state index contributed by atoms with van der Waals surface area (Å²) in [5.41, 5.74) is 3.40. The average Bonchev–Trinajstić information content (AvgIpc) is 3.42. The van der Waals surface area contributed by atoms with E-state index in [1.807, 2.05) is 41.2 Å². The number of aromatic hydroxyl groups is 1. The quantitative estimate of drug-likeness (QED) is 0.257. The van der Waals surface area contributed by atoms with Gasteiger partial charge in [-0.05, 0) is 42.7 Å². The fourth-order valence-electron chi connectivity index (χ4n) is 5.29. The maximum absolute atomic E-state index is 10.6. The minimum absolute atomic E-state index is 0.124. The fraction of sp³-hybridized carbons (Fsp3) is 0.258. The number of benzene rings is 3. The van der Waals surface area contributed by atoms with Crippen molar-refractivity contribution in [3.63, 3.8) is 0 Å². The minimum atomic E-state index is 0.124. The number of methoxy groups -OCH3 is 2. The van der Waals surface area contributed by atoms with Crippen molar-refractivity contribution in [2.45, 2.75) is 25.4 Å². The summed E-state index contributed by atoms with van der Waals surface area (Å²) in [5, 5.41) is 19.6. The lowest BCUT2D eigenvalue weighted by atomic mass is 10.0. The molecule has 0 spiro atoms. The van der Waals surface area contributed by atoms with Crippen LogP contribution in [0.1, 0.15) is 24.4 Å². The molecule has 0 atom stereocenters. The lowest BCUT2D eigenvalue weighted by Gasteiger charge is -2.32. The van der Waals surface area contributed by atoms with E-state index in [-0.39, 0.29) is 11.8 Å². The Morgan fingerprint density at radius 1 is 0.900 bits per heavy atom. The topological polar surface area (TPSA) is 97.6 Å². The first-order chi connectivity index (χ1) is 19.6. The maximum Gasteiger partial charge on any atom is 0.167 e. The van der Waals surface area contributed by atoms with Crippen LogP contribution in [-0.4, -0.2) is 57.1 Å². The van der Waals surface area contributed by atoms with Crippen LogP contribution >= 0.6 is 0 Å². The SMILES string of the molecule is COc1ccc(Nc2nc(-c3ccccc3O)nc3c2cnn3C2CCN(Cc3ccccc3)CC2)cc1OC. The van der Waals surface area contributed by atoms with Gasteiger partial charge in [-0.1, -0.05) is 42.5 Å². The van der Waals surface area contributed by atoms with Gasteiger partial charge in [0.1, 0.15) is 11.6 Å². The molecule has 1 saturated heterocycles. The summed E-state index contributed by atoms with van der Waals surface area (Å²) in [6.07, 6.45) is 3.76. The van der Waals surface area contributed by atoms with E-state index in [0.29, 0.717) is 28.7 Å². The summed E-state index contributed by atoms with van der Waals surface area (Å²) in [6, 6.07) is 23.5. The van der Waals surface area contributed by atoms with Gasteiger partial charge in [-0.2, -0.15) is 5.10 Å². The second-order valence-electron chi connectivity index (χ2n) is 9.93. The monoisotopic (exact) mass is 536 g/mol. The highest BCUT2D eigenvalue weighted by Gasteiger charge is 2.25. The molecule has 40 heavy (non-hydrogen) atoms. The number of nitrogens with zero attached hydrogens (tertiary/aromatic N) is 5. The van der Waals surface area contributed by atoms with Gasteiger partial charge in [-0.15, -0.1) is 0 Å². The van der Waals surface area contributed by atoms with Crippen LogP contribution in [0.5, 0.6) is 17.2 Å². The fourth-order valence-corrected chi connectivity index (χ4v) is 5.29. The van der Waals surface area contributed by atoms with Crippen LogP contribution in [0.4, 0.5) is 11.5 Å². The highest BCUT2D eigenvalue weighted by molar-refractivity contribution is 5.90. The number of hydrogen-bond acceptors (Lipinski definition) is 8. The molecular formula is C31H32N6O3. The van der Waals surface area contributed by atoms with E-state index in [9.17, 15) is 5.11 Å². The molecule has 204 valence electrons. The Morgan fingerprint density at radius 3 is 2.40 bits per heavy atom. The lowest BCUT2D eigenvalue weighted by molar-refractivity contribution is 0.175. The number of rotatable bonds is 8. The molecule has 0 amide bonds. The van der Waals surface area contributed by atoms with E-state index in [1.165, 1.54) is 5.56 Å². The Morgan fingerprint density at radius 2 is 1.65 bits per heavy atom. The average molecular weight is 537 g/mol. The summed E-state index contributed by atoms with van der Waals surface area (Å²) in [4.78, 5) is 12.2. The second kappa shape index (κ2) is 11.2. The molecule has 5 aromatic rings. The van der Waals surface area contributed by atoms with Crippen molar-refractivity contribution in [2.24, 2.45) is 0 Å². The van der Waals surface area contributed by atoms with Gasteiger partial charge in [0, 0.05) is 31.4 Å². The predicted molar refractivity (Wildman–Crippen MR) is 155 cm³/mol. The van der Waals surface area contributed by atoms with E-state index in [0.717, 1.165) is 49.2 Å². The molecule has 1 aliphatic heterocycles. The summed E-state index contributed by atoms with van der Waals surface area (Å²) in [6.45, 7) is 2.91. The molecule has 0 bridgehead atoms. The number of para-hydroxylation sites is 1. The molecule has 0 saturated carbocycles. The largest absolute Gasteiger partial charge is 0.507 e. The van der Waals surface area contributed by atoms with Gasteiger partial charge in [-0.3, -0.25) is 4.90 Å². The van der Waals surface area contributed by atoms with E-state index < -0.39 is 0 Å². The minimum Gasteiger partial charge on any atom is -0.507 e. The molecule has 9 heteroatoms. The molecule has 2 aromatic heterocycles. The summed E-state index contributed by atoms with van der Waals surface area (Å²) >= 11 is 0. The van der Waals surface area contributed by atoms with Crippen LogP contribution in [-0.2, 0) is 6.54 Å². The van der Waals surface area contributed by atoms with Crippen molar-refractivity contribution in [3.05, 3.63) is 84.6 Å². The second-order valence-corrected chi connectivity index (χ2v) is 9.93. The van der Waals surface area contributed by atoms with Crippen LogP contribution in [0.25, 0.3) is 22.4 Å².